The van der Waals surface area contributed by atoms with Crippen LogP contribution in [0.3, 0.4) is 0 Å². The maximum absolute atomic E-state index is 13.6. The fourth-order valence-electron chi connectivity index (χ4n) is 4.06. The van der Waals surface area contributed by atoms with Gasteiger partial charge in [-0.2, -0.15) is 18.3 Å². The van der Waals surface area contributed by atoms with Crippen molar-refractivity contribution in [3.8, 4) is 0 Å². The van der Waals surface area contributed by atoms with Gasteiger partial charge in [0.25, 0.3) is 11.6 Å². The number of hydrogen-bond donors (Lipinski definition) is 1. The van der Waals surface area contributed by atoms with Gasteiger partial charge in [0.15, 0.2) is 5.69 Å². The van der Waals surface area contributed by atoms with E-state index in [-0.39, 0.29) is 28.6 Å². The molecule has 3 aromatic heterocycles. The lowest BCUT2D eigenvalue weighted by Crippen LogP contribution is -2.38. The molecular formula is C20H22F3N5O2. The van der Waals surface area contributed by atoms with Crippen LogP contribution in [0.5, 0.6) is 0 Å². The summed E-state index contributed by atoms with van der Waals surface area (Å²) >= 11 is 0. The van der Waals surface area contributed by atoms with E-state index in [1.165, 1.54) is 6.92 Å². The number of alkyl halides is 3. The minimum Gasteiger partial charge on any atom is -0.337 e. The van der Waals surface area contributed by atoms with Gasteiger partial charge < -0.3 is 9.42 Å². The van der Waals surface area contributed by atoms with E-state index in [4.69, 9.17) is 4.52 Å². The van der Waals surface area contributed by atoms with E-state index in [1.54, 1.807) is 4.90 Å². The highest BCUT2D eigenvalue weighted by atomic mass is 19.4. The van der Waals surface area contributed by atoms with E-state index in [2.05, 4.69) is 20.3 Å². The number of piperidine rings is 1. The van der Waals surface area contributed by atoms with Crippen molar-refractivity contribution in [2.45, 2.75) is 52.1 Å². The fraction of sp³-hybridized carbons (Fsp3) is 0.500. The highest BCUT2D eigenvalue weighted by molar-refractivity contribution is 5.94. The van der Waals surface area contributed by atoms with Gasteiger partial charge in [-0.05, 0) is 39.2 Å². The molecule has 1 amide bonds. The fourth-order valence-corrected chi connectivity index (χ4v) is 4.06. The number of hydrogen-bond acceptors (Lipinski definition) is 5. The van der Waals surface area contributed by atoms with Crippen LogP contribution in [0.15, 0.2) is 10.6 Å². The molecule has 0 aliphatic carbocycles. The van der Waals surface area contributed by atoms with Crippen molar-refractivity contribution in [2.75, 3.05) is 13.1 Å². The highest BCUT2D eigenvalue weighted by Crippen LogP contribution is 2.39. The van der Waals surface area contributed by atoms with Gasteiger partial charge in [-0.25, -0.2) is 4.98 Å². The van der Waals surface area contributed by atoms with Crippen LogP contribution < -0.4 is 0 Å². The lowest BCUT2D eigenvalue weighted by molar-refractivity contribution is -0.136. The second-order valence-electron chi connectivity index (χ2n) is 7.64. The van der Waals surface area contributed by atoms with E-state index >= 15 is 0 Å². The van der Waals surface area contributed by atoms with E-state index in [1.807, 2.05) is 13.8 Å². The van der Waals surface area contributed by atoms with Gasteiger partial charge in [0.1, 0.15) is 0 Å². The molecule has 30 heavy (non-hydrogen) atoms. The predicted molar refractivity (Wildman–Crippen MR) is 102 cm³/mol. The first-order valence-electron chi connectivity index (χ1n) is 9.88. The molecule has 1 N–H and O–H groups in total. The molecule has 4 rings (SSSR count). The summed E-state index contributed by atoms with van der Waals surface area (Å²) in [6.45, 7) is 6.16. The van der Waals surface area contributed by atoms with Gasteiger partial charge in [-0.3, -0.25) is 9.89 Å². The van der Waals surface area contributed by atoms with Crippen molar-refractivity contribution >= 4 is 17.0 Å². The van der Waals surface area contributed by atoms with E-state index in [0.29, 0.717) is 37.3 Å². The normalized spacial score (nSPS) is 15.9. The number of halogens is 3. The SMILES string of the molecule is CCc1[nH]nc(C(=O)N2CCC(c3cc(C(F)(F)F)c4c(C)noc4n3)CC2)c1C. The van der Waals surface area contributed by atoms with Crippen LogP contribution in [0.2, 0.25) is 0 Å². The largest absolute Gasteiger partial charge is 0.417 e. The third-order valence-electron chi connectivity index (χ3n) is 5.81. The topological polar surface area (TPSA) is 87.9 Å². The number of rotatable bonds is 3. The van der Waals surface area contributed by atoms with Gasteiger partial charge >= 0.3 is 6.18 Å². The first-order valence-corrected chi connectivity index (χ1v) is 9.88. The van der Waals surface area contributed by atoms with Crippen molar-refractivity contribution in [1.29, 1.82) is 0 Å². The van der Waals surface area contributed by atoms with Gasteiger partial charge in [0.05, 0.1) is 16.6 Å². The number of carbonyl (C=O) groups excluding carboxylic acids is 1. The molecule has 10 heteroatoms. The lowest BCUT2D eigenvalue weighted by Gasteiger charge is -2.31. The number of nitrogens with zero attached hydrogens (tertiary/aromatic N) is 4. The number of amides is 1. The molecule has 7 nitrogen and oxygen atoms in total. The average Bonchev–Trinajstić information content (AvgIpc) is 3.28. The van der Waals surface area contributed by atoms with Crippen LogP contribution in [0.1, 0.15) is 64.4 Å². The van der Waals surface area contributed by atoms with Gasteiger partial charge in [0.2, 0.25) is 0 Å². The maximum Gasteiger partial charge on any atom is 0.417 e. The van der Waals surface area contributed by atoms with Crippen LogP contribution in [0.4, 0.5) is 13.2 Å². The quantitative estimate of drug-likeness (QED) is 0.686. The number of nitrogens with one attached hydrogen (secondary N) is 1. The third-order valence-corrected chi connectivity index (χ3v) is 5.81. The van der Waals surface area contributed by atoms with Gasteiger partial charge in [0, 0.05) is 36.0 Å². The highest BCUT2D eigenvalue weighted by Gasteiger charge is 2.37. The summed E-state index contributed by atoms with van der Waals surface area (Å²) in [4.78, 5) is 18.8. The molecule has 1 aliphatic heterocycles. The Hall–Kier alpha value is -2.91. The second kappa shape index (κ2) is 7.41. The average molecular weight is 421 g/mol. The third kappa shape index (κ3) is 3.44. The van der Waals surface area contributed by atoms with Crippen LogP contribution in [0, 0.1) is 13.8 Å². The van der Waals surface area contributed by atoms with Crippen molar-refractivity contribution < 1.29 is 22.5 Å². The zero-order valence-corrected chi connectivity index (χ0v) is 16.9. The van der Waals surface area contributed by atoms with E-state index in [0.717, 1.165) is 23.7 Å². The molecule has 0 unspecified atom stereocenters. The molecule has 4 heterocycles. The summed E-state index contributed by atoms with van der Waals surface area (Å²) in [5.74, 6) is -0.358. The maximum atomic E-state index is 13.6. The first-order chi connectivity index (χ1) is 14.2. The van der Waals surface area contributed by atoms with Crippen LogP contribution in [0.25, 0.3) is 11.1 Å². The Morgan fingerprint density at radius 1 is 1.30 bits per heavy atom. The van der Waals surface area contributed by atoms with Crippen molar-refractivity contribution in [1.82, 2.24) is 25.2 Å². The number of aromatic amines is 1. The molecule has 0 bridgehead atoms. The number of pyridine rings is 1. The summed E-state index contributed by atoms with van der Waals surface area (Å²) in [7, 11) is 0. The molecule has 3 aromatic rings. The Labute approximate surface area is 170 Å². The molecule has 160 valence electrons. The summed E-state index contributed by atoms with van der Waals surface area (Å²) < 4.78 is 45.8. The number of likely N-dealkylation sites (tertiary alicyclic amines) is 1. The zero-order chi connectivity index (χ0) is 21.6. The Kier molecular flexibility index (Phi) is 5.03. The monoisotopic (exact) mass is 421 g/mol. The molecule has 1 fully saturated rings. The molecule has 0 saturated carbocycles. The predicted octanol–water partition coefficient (Wildman–Crippen LogP) is 4.16. The summed E-state index contributed by atoms with van der Waals surface area (Å²) in [6, 6.07) is 1.10. The Balaban J connectivity index is 1.55. The van der Waals surface area contributed by atoms with Gasteiger partial charge in [-0.1, -0.05) is 12.1 Å². The van der Waals surface area contributed by atoms with Crippen LogP contribution in [-0.2, 0) is 12.6 Å². The molecule has 1 saturated heterocycles. The number of aromatic nitrogens is 4. The number of H-pyrrole nitrogens is 1. The number of carbonyl (C=O) groups is 1. The Morgan fingerprint density at radius 3 is 2.60 bits per heavy atom. The van der Waals surface area contributed by atoms with Gasteiger partial charge in [-0.15, -0.1) is 0 Å². The minimum absolute atomic E-state index is 0.0976. The molecule has 1 aliphatic rings. The van der Waals surface area contributed by atoms with Crippen molar-refractivity contribution in [3.05, 3.63) is 40.0 Å². The Morgan fingerprint density at radius 2 is 2.00 bits per heavy atom. The molecule has 0 atom stereocenters. The summed E-state index contributed by atoms with van der Waals surface area (Å²) in [5, 5.41) is 10.6. The first kappa shape index (κ1) is 20.4. The minimum atomic E-state index is -4.53. The summed E-state index contributed by atoms with van der Waals surface area (Å²) in [5.41, 5.74) is 1.77. The van der Waals surface area contributed by atoms with Crippen LogP contribution >= 0.6 is 0 Å². The van der Waals surface area contributed by atoms with Crippen LogP contribution in [-0.4, -0.2) is 44.2 Å². The number of aryl methyl sites for hydroxylation is 2. The van der Waals surface area contributed by atoms with Crippen molar-refractivity contribution in [3.63, 3.8) is 0 Å². The van der Waals surface area contributed by atoms with Crippen molar-refractivity contribution in [2.24, 2.45) is 0 Å². The van der Waals surface area contributed by atoms with E-state index < -0.39 is 11.7 Å². The van der Waals surface area contributed by atoms with E-state index in [9.17, 15) is 18.0 Å². The standard InChI is InChI=1S/C20H22F3N5O2/c1-4-14-10(2)17(26-25-14)19(29)28-7-5-12(6-8-28)15-9-13(20(21,22)23)16-11(3)27-30-18(16)24-15/h9,12H,4-8H2,1-3H3,(H,25,26). The smallest absolute Gasteiger partial charge is 0.337 e. The molecular weight excluding hydrogens is 399 g/mol. The molecule has 0 aromatic carbocycles. The molecule has 0 radical (unpaired) electrons. The summed E-state index contributed by atoms with van der Waals surface area (Å²) in [6.07, 6.45) is -2.75. The second-order valence-corrected chi connectivity index (χ2v) is 7.64. The lowest BCUT2D eigenvalue weighted by atomic mass is 9.91. The Bertz CT molecular complexity index is 1090. The zero-order valence-electron chi connectivity index (χ0n) is 16.9. The number of fused-ring (bicyclic) bond motifs is 1. The molecule has 0 spiro atoms.